The smallest absolute Gasteiger partial charge is 0.160 e. The number of hydrogen-bond acceptors (Lipinski definition) is 1. The molecule has 0 aliphatic heterocycles. The van der Waals surface area contributed by atoms with Crippen LogP contribution >= 0.6 is 27.5 Å². The molecule has 0 radical (unpaired) electrons. The molecule has 6 heteroatoms. The highest BCUT2D eigenvalue weighted by molar-refractivity contribution is 9.10. The van der Waals surface area contributed by atoms with E-state index in [0.717, 1.165) is 12.1 Å². The highest BCUT2D eigenvalue weighted by Crippen LogP contribution is 2.33. The van der Waals surface area contributed by atoms with Crippen molar-refractivity contribution in [3.8, 4) is 0 Å². The lowest BCUT2D eigenvalue weighted by molar-refractivity contribution is 0.503. The van der Waals surface area contributed by atoms with E-state index in [0.29, 0.717) is 0 Å². The van der Waals surface area contributed by atoms with Gasteiger partial charge in [-0.1, -0.05) is 23.7 Å². The highest BCUT2D eigenvalue weighted by atomic mass is 79.9. The minimum Gasteiger partial charge on any atom is -0.309 e. The lowest BCUT2D eigenvalue weighted by Gasteiger charge is -2.20. The molecule has 0 saturated heterocycles. The molecule has 2 rings (SSSR count). The number of benzene rings is 2. The Morgan fingerprint density at radius 1 is 1.10 bits per heavy atom. The van der Waals surface area contributed by atoms with Crippen LogP contribution in [0.4, 0.5) is 13.2 Å². The molecule has 0 heterocycles. The second-order valence-electron chi connectivity index (χ2n) is 4.15. The first-order chi connectivity index (χ1) is 9.45. The summed E-state index contributed by atoms with van der Waals surface area (Å²) in [5.74, 6) is -2.55. The van der Waals surface area contributed by atoms with Crippen LogP contribution in [0.1, 0.15) is 17.2 Å². The zero-order valence-electron chi connectivity index (χ0n) is 10.4. The van der Waals surface area contributed by atoms with Crippen molar-refractivity contribution in [2.75, 3.05) is 7.05 Å². The van der Waals surface area contributed by atoms with Gasteiger partial charge in [0.2, 0.25) is 0 Å². The standard InChI is InChI=1S/C14H10BrClF3N/c1-20-14(7-3-2-4-9(15)13(7)19)8-5-11(17)12(18)6-10(8)16/h2-6,14,20H,1H3. The van der Waals surface area contributed by atoms with Crippen LogP contribution in [0.2, 0.25) is 5.02 Å². The van der Waals surface area contributed by atoms with Crippen LogP contribution in [0.3, 0.4) is 0 Å². The van der Waals surface area contributed by atoms with E-state index in [1.54, 1.807) is 25.2 Å². The van der Waals surface area contributed by atoms with Gasteiger partial charge >= 0.3 is 0 Å². The maximum Gasteiger partial charge on any atom is 0.160 e. The van der Waals surface area contributed by atoms with Crippen molar-refractivity contribution in [3.63, 3.8) is 0 Å². The average molecular weight is 365 g/mol. The molecule has 0 bridgehead atoms. The van der Waals surface area contributed by atoms with Gasteiger partial charge in [-0.2, -0.15) is 0 Å². The summed E-state index contributed by atoms with van der Waals surface area (Å²) in [6.07, 6.45) is 0. The second-order valence-corrected chi connectivity index (χ2v) is 5.41. The van der Waals surface area contributed by atoms with E-state index in [4.69, 9.17) is 11.6 Å². The molecule has 0 aliphatic carbocycles. The molecule has 20 heavy (non-hydrogen) atoms. The predicted octanol–water partition coefficient (Wildman–Crippen LogP) is 4.83. The second kappa shape index (κ2) is 6.16. The summed E-state index contributed by atoms with van der Waals surface area (Å²) < 4.78 is 40.9. The Morgan fingerprint density at radius 3 is 2.40 bits per heavy atom. The normalized spacial score (nSPS) is 12.5. The van der Waals surface area contributed by atoms with Crippen LogP contribution in [0.25, 0.3) is 0 Å². The van der Waals surface area contributed by atoms with Crippen molar-refractivity contribution in [3.05, 3.63) is 68.4 Å². The molecule has 1 nitrogen and oxygen atoms in total. The summed E-state index contributed by atoms with van der Waals surface area (Å²) in [6, 6.07) is 5.93. The summed E-state index contributed by atoms with van der Waals surface area (Å²) >= 11 is 9.03. The first-order valence-electron chi connectivity index (χ1n) is 5.71. The van der Waals surface area contributed by atoms with E-state index in [1.807, 2.05) is 0 Å². The molecular weight excluding hydrogens is 355 g/mol. The third kappa shape index (κ3) is 2.85. The Kier molecular flexibility index (Phi) is 4.73. The molecule has 0 saturated carbocycles. The number of halogens is 5. The van der Waals surface area contributed by atoms with Crippen molar-refractivity contribution in [1.29, 1.82) is 0 Å². The van der Waals surface area contributed by atoms with Gasteiger partial charge in [0.15, 0.2) is 11.6 Å². The van der Waals surface area contributed by atoms with Gasteiger partial charge in [0.1, 0.15) is 5.82 Å². The quantitative estimate of drug-likeness (QED) is 0.769. The van der Waals surface area contributed by atoms with Gasteiger partial charge < -0.3 is 5.32 Å². The maximum absolute atomic E-state index is 14.1. The van der Waals surface area contributed by atoms with Crippen molar-refractivity contribution >= 4 is 27.5 Å². The fraction of sp³-hybridized carbons (Fsp3) is 0.143. The summed E-state index contributed by atoms with van der Waals surface area (Å²) in [4.78, 5) is 0. The van der Waals surface area contributed by atoms with Crippen LogP contribution in [0.5, 0.6) is 0 Å². The van der Waals surface area contributed by atoms with Crippen molar-refractivity contribution in [2.24, 2.45) is 0 Å². The Bertz CT molecular complexity index is 649. The van der Waals surface area contributed by atoms with E-state index in [-0.39, 0.29) is 20.6 Å². The molecule has 1 atom stereocenters. The van der Waals surface area contributed by atoms with Crippen LogP contribution in [-0.2, 0) is 0 Å². The average Bonchev–Trinajstić information content (AvgIpc) is 2.41. The largest absolute Gasteiger partial charge is 0.309 e. The van der Waals surface area contributed by atoms with Crippen molar-refractivity contribution in [2.45, 2.75) is 6.04 Å². The van der Waals surface area contributed by atoms with Crippen LogP contribution < -0.4 is 5.32 Å². The fourth-order valence-electron chi connectivity index (χ4n) is 1.98. The number of rotatable bonds is 3. The Morgan fingerprint density at radius 2 is 1.75 bits per heavy atom. The minimum atomic E-state index is -1.04. The molecule has 1 unspecified atom stereocenters. The first kappa shape index (κ1) is 15.4. The Hall–Kier alpha value is -1.04. The summed E-state index contributed by atoms with van der Waals surface area (Å²) in [5, 5.41) is 2.89. The minimum absolute atomic E-state index is 0.0302. The molecule has 106 valence electrons. The number of hydrogen-bond donors (Lipinski definition) is 1. The lowest BCUT2D eigenvalue weighted by Crippen LogP contribution is -2.20. The van der Waals surface area contributed by atoms with E-state index in [1.165, 1.54) is 0 Å². The van der Waals surface area contributed by atoms with Gasteiger partial charge in [0, 0.05) is 10.6 Å². The zero-order chi connectivity index (χ0) is 14.9. The molecular formula is C14H10BrClF3N. The topological polar surface area (TPSA) is 12.0 Å². The SMILES string of the molecule is CNC(c1cc(F)c(F)cc1Cl)c1cccc(Br)c1F. The van der Waals surface area contributed by atoms with E-state index >= 15 is 0 Å². The van der Waals surface area contributed by atoms with Gasteiger partial charge in [-0.3, -0.25) is 0 Å². The zero-order valence-corrected chi connectivity index (χ0v) is 12.7. The first-order valence-corrected chi connectivity index (χ1v) is 6.88. The summed E-state index contributed by atoms with van der Waals surface area (Å²) in [7, 11) is 1.59. The number of nitrogens with one attached hydrogen (secondary N) is 1. The third-order valence-corrected chi connectivity index (χ3v) is 3.87. The van der Waals surface area contributed by atoms with Crippen LogP contribution in [0.15, 0.2) is 34.8 Å². The highest BCUT2D eigenvalue weighted by Gasteiger charge is 2.21. The fourth-order valence-corrected chi connectivity index (χ4v) is 2.62. The van der Waals surface area contributed by atoms with E-state index in [9.17, 15) is 13.2 Å². The Labute approximate surface area is 127 Å². The van der Waals surface area contributed by atoms with Gasteiger partial charge in [-0.05, 0) is 46.7 Å². The van der Waals surface area contributed by atoms with Crippen molar-refractivity contribution < 1.29 is 13.2 Å². The molecule has 0 aromatic heterocycles. The summed E-state index contributed by atoms with van der Waals surface area (Å²) in [5.41, 5.74) is 0.555. The molecule has 0 aliphatic rings. The van der Waals surface area contributed by atoms with Crippen LogP contribution in [0, 0.1) is 17.5 Å². The van der Waals surface area contributed by atoms with E-state index < -0.39 is 23.5 Å². The maximum atomic E-state index is 14.1. The third-order valence-electron chi connectivity index (χ3n) is 2.93. The van der Waals surface area contributed by atoms with Gasteiger partial charge in [0.05, 0.1) is 10.5 Å². The molecule has 0 fully saturated rings. The molecule has 0 spiro atoms. The Balaban J connectivity index is 2.58. The van der Waals surface area contributed by atoms with Gasteiger partial charge in [0.25, 0.3) is 0 Å². The summed E-state index contributed by atoms with van der Waals surface area (Å²) in [6.45, 7) is 0. The van der Waals surface area contributed by atoms with Gasteiger partial charge in [-0.25, -0.2) is 13.2 Å². The monoisotopic (exact) mass is 363 g/mol. The lowest BCUT2D eigenvalue weighted by atomic mass is 9.98. The van der Waals surface area contributed by atoms with Crippen molar-refractivity contribution in [1.82, 2.24) is 5.32 Å². The van der Waals surface area contributed by atoms with Gasteiger partial charge in [-0.15, -0.1) is 0 Å². The molecule has 2 aromatic carbocycles. The van der Waals surface area contributed by atoms with E-state index in [2.05, 4.69) is 21.2 Å². The predicted molar refractivity (Wildman–Crippen MR) is 76.4 cm³/mol. The molecule has 2 aromatic rings. The van der Waals surface area contributed by atoms with Crippen LogP contribution in [-0.4, -0.2) is 7.05 Å². The molecule has 1 N–H and O–H groups in total. The molecule has 0 amide bonds.